The Morgan fingerprint density at radius 1 is 1.13 bits per heavy atom. The minimum Gasteiger partial charge on any atom is -0.379 e. The van der Waals surface area contributed by atoms with Crippen molar-refractivity contribution in [1.82, 2.24) is 25.1 Å². The SMILES string of the molecule is CC(C)(C)n1nnnc1[C@@H](c1ccc(Cl)cc1)N1CCOCC1. The first-order valence-corrected chi connectivity index (χ1v) is 8.20. The Morgan fingerprint density at radius 2 is 1.78 bits per heavy atom. The van der Waals surface area contributed by atoms with Crippen LogP contribution in [-0.2, 0) is 10.3 Å². The Hall–Kier alpha value is -1.50. The lowest BCUT2D eigenvalue weighted by molar-refractivity contribution is 0.0208. The summed E-state index contributed by atoms with van der Waals surface area (Å²) in [5.41, 5.74) is 0.951. The summed E-state index contributed by atoms with van der Waals surface area (Å²) in [6, 6.07) is 7.91. The van der Waals surface area contributed by atoms with Crippen molar-refractivity contribution in [2.24, 2.45) is 0 Å². The first-order valence-electron chi connectivity index (χ1n) is 7.83. The highest BCUT2D eigenvalue weighted by Gasteiger charge is 2.32. The number of hydrogen-bond donors (Lipinski definition) is 0. The van der Waals surface area contributed by atoms with Gasteiger partial charge in [0.1, 0.15) is 0 Å². The van der Waals surface area contributed by atoms with Crippen molar-refractivity contribution in [3.05, 3.63) is 40.7 Å². The molecule has 2 aromatic rings. The maximum Gasteiger partial charge on any atom is 0.173 e. The predicted molar refractivity (Wildman–Crippen MR) is 88.5 cm³/mol. The maximum absolute atomic E-state index is 6.05. The van der Waals surface area contributed by atoms with E-state index in [1.807, 2.05) is 28.9 Å². The number of hydrogen-bond acceptors (Lipinski definition) is 5. The molecule has 1 saturated heterocycles. The molecule has 124 valence electrons. The van der Waals surface area contributed by atoms with Crippen LogP contribution in [0.2, 0.25) is 5.02 Å². The quantitative estimate of drug-likeness (QED) is 0.862. The van der Waals surface area contributed by atoms with Gasteiger partial charge >= 0.3 is 0 Å². The summed E-state index contributed by atoms with van der Waals surface area (Å²) in [6.07, 6.45) is 0. The van der Waals surface area contributed by atoms with E-state index in [-0.39, 0.29) is 11.6 Å². The molecule has 6 nitrogen and oxygen atoms in total. The molecule has 0 unspecified atom stereocenters. The molecular weight excluding hydrogens is 314 g/mol. The molecule has 0 radical (unpaired) electrons. The van der Waals surface area contributed by atoms with Crippen LogP contribution in [0.4, 0.5) is 0 Å². The van der Waals surface area contributed by atoms with Gasteiger partial charge in [-0.2, -0.15) is 0 Å². The summed E-state index contributed by atoms with van der Waals surface area (Å²) in [5.74, 6) is 0.849. The molecule has 1 fully saturated rings. The number of rotatable bonds is 3. The number of tetrazole rings is 1. The van der Waals surface area contributed by atoms with Crippen LogP contribution in [0.25, 0.3) is 0 Å². The van der Waals surface area contributed by atoms with Crippen molar-refractivity contribution < 1.29 is 4.74 Å². The Bertz CT molecular complexity index is 643. The third-order valence-corrected chi connectivity index (χ3v) is 4.22. The second kappa shape index (κ2) is 6.55. The number of morpholine rings is 1. The maximum atomic E-state index is 6.05. The van der Waals surface area contributed by atoms with E-state index >= 15 is 0 Å². The lowest BCUT2D eigenvalue weighted by Gasteiger charge is -2.35. The lowest BCUT2D eigenvalue weighted by atomic mass is 10.0. The van der Waals surface area contributed by atoms with Crippen molar-refractivity contribution in [2.45, 2.75) is 32.4 Å². The Balaban J connectivity index is 2.05. The Morgan fingerprint density at radius 3 is 2.39 bits per heavy atom. The van der Waals surface area contributed by atoms with Crippen LogP contribution >= 0.6 is 11.6 Å². The van der Waals surface area contributed by atoms with Gasteiger partial charge in [0, 0.05) is 18.1 Å². The zero-order valence-corrected chi connectivity index (χ0v) is 14.5. The number of aromatic nitrogens is 4. The molecule has 3 rings (SSSR count). The summed E-state index contributed by atoms with van der Waals surface area (Å²) >= 11 is 6.05. The van der Waals surface area contributed by atoms with Gasteiger partial charge in [0.15, 0.2) is 5.82 Å². The smallest absolute Gasteiger partial charge is 0.173 e. The van der Waals surface area contributed by atoms with Crippen molar-refractivity contribution >= 4 is 11.6 Å². The van der Waals surface area contributed by atoms with Crippen LogP contribution < -0.4 is 0 Å². The second-order valence-electron chi connectivity index (χ2n) is 6.72. The van der Waals surface area contributed by atoms with Gasteiger partial charge in [0.2, 0.25) is 0 Å². The molecule has 0 bridgehead atoms. The van der Waals surface area contributed by atoms with Gasteiger partial charge in [0.25, 0.3) is 0 Å². The Kier molecular flexibility index (Phi) is 4.66. The normalized spacial score (nSPS) is 18.1. The molecule has 0 spiro atoms. The molecule has 0 N–H and O–H groups in total. The van der Waals surface area contributed by atoms with Crippen LogP contribution in [-0.4, -0.2) is 51.4 Å². The Labute approximate surface area is 141 Å². The van der Waals surface area contributed by atoms with Crippen molar-refractivity contribution in [3.63, 3.8) is 0 Å². The number of nitrogens with zero attached hydrogens (tertiary/aromatic N) is 5. The highest BCUT2D eigenvalue weighted by atomic mass is 35.5. The molecule has 0 amide bonds. The van der Waals surface area contributed by atoms with Gasteiger partial charge in [-0.15, -0.1) is 5.10 Å². The fourth-order valence-corrected chi connectivity index (χ4v) is 2.97. The highest BCUT2D eigenvalue weighted by Crippen LogP contribution is 2.30. The molecule has 1 atom stereocenters. The van der Waals surface area contributed by atoms with E-state index in [0.29, 0.717) is 0 Å². The molecule has 2 heterocycles. The minimum absolute atomic E-state index is 0.00890. The number of benzene rings is 1. The van der Waals surface area contributed by atoms with Gasteiger partial charge < -0.3 is 4.74 Å². The number of halogens is 1. The largest absolute Gasteiger partial charge is 0.379 e. The molecule has 1 aromatic heterocycles. The van der Waals surface area contributed by atoms with E-state index in [0.717, 1.165) is 42.7 Å². The molecule has 7 heteroatoms. The fraction of sp³-hybridized carbons (Fsp3) is 0.562. The topological polar surface area (TPSA) is 56.1 Å². The van der Waals surface area contributed by atoms with E-state index in [2.05, 4.69) is 41.2 Å². The first-order chi connectivity index (χ1) is 11.0. The van der Waals surface area contributed by atoms with Crippen molar-refractivity contribution in [1.29, 1.82) is 0 Å². The second-order valence-corrected chi connectivity index (χ2v) is 7.16. The van der Waals surface area contributed by atoms with Crippen LogP contribution in [0.5, 0.6) is 0 Å². The molecule has 1 aliphatic heterocycles. The van der Waals surface area contributed by atoms with Crippen molar-refractivity contribution in [2.75, 3.05) is 26.3 Å². The molecular formula is C16H22ClN5O. The minimum atomic E-state index is -0.185. The van der Waals surface area contributed by atoms with Gasteiger partial charge in [-0.05, 0) is 48.9 Å². The van der Waals surface area contributed by atoms with Crippen LogP contribution in [0.1, 0.15) is 38.2 Å². The summed E-state index contributed by atoms with van der Waals surface area (Å²) in [7, 11) is 0. The monoisotopic (exact) mass is 335 g/mol. The van der Waals surface area contributed by atoms with Gasteiger partial charge in [-0.3, -0.25) is 4.90 Å². The van der Waals surface area contributed by atoms with E-state index in [1.54, 1.807) is 0 Å². The molecule has 1 aliphatic rings. The van der Waals surface area contributed by atoms with E-state index in [4.69, 9.17) is 16.3 Å². The zero-order valence-electron chi connectivity index (χ0n) is 13.7. The lowest BCUT2D eigenvalue weighted by Crippen LogP contribution is -2.41. The van der Waals surface area contributed by atoms with Crippen LogP contribution in [0.15, 0.2) is 24.3 Å². The fourth-order valence-electron chi connectivity index (χ4n) is 2.85. The average Bonchev–Trinajstić information content (AvgIpc) is 3.00. The van der Waals surface area contributed by atoms with Crippen LogP contribution in [0.3, 0.4) is 0 Å². The summed E-state index contributed by atoms with van der Waals surface area (Å²) < 4.78 is 7.40. The molecule has 0 saturated carbocycles. The standard InChI is InChI=1S/C16H22ClN5O/c1-16(2,3)22-15(18-19-20-22)14(21-8-10-23-11-9-21)12-4-6-13(17)7-5-12/h4-7,14H,8-11H2,1-3H3/t14-/m1/s1. The van der Waals surface area contributed by atoms with Gasteiger partial charge in [0.05, 0.1) is 24.8 Å². The van der Waals surface area contributed by atoms with E-state index in [9.17, 15) is 0 Å². The predicted octanol–water partition coefficient (Wildman–Crippen LogP) is 2.50. The van der Waals surface area contributed by atoms with Crippen molar-refractivity contribution in [3.8, 4) is 0 Å². The number of ether oxygens (including phenoxy) is 1. The summed E-state index contributed by atoms with van der Waals surface area (Å²) in [6.45, 7) is 9.46. The zero-order chi connectivity index (χ0) is 16.4. The molecule has 23 heavy (non-hydrogen) atoms. The molecule has 0 aliphatic carbocycles. The third-order valence-electron chi connectivity index (χ3n) is 3.97. The first kappa shape index (κ1) is 16.4. The average molecular weight is 336 g/mol. The summed E-state index contributed by atoms with van der Waals surface area (Å²) in [4.78, 5) is 2.36. The molecule has 1 aromatic carbocycles. The third kappa shape index (κ3) is 3.54. The van der Waals surface area contributed by atoms with Gasteiger partial charge in [-0.1, -0.05) is 23.7 Å². The van der Waals surface area contributed by atoms with Crippen LogP contribution in [0, 0.1) is 0 Å². The van der Waals surface area contributed by atoms with E-state index in [1.165, 1.54) is 0 Å². The highest BCUT2D eigenvalue weighted by molar-refractivity contribution is 6.30. The summed E-state index contributed by atoms with van der Waals surface area (Å²) in [5, 5.41) is 13.2. The van der Waals surface area contributed by atoms with E-state index < -0.39 is 0 Å². The van der Waals surface area contributed by atoms with Gasteiger partial charge in [-0.25, -0.2) is 4.68 Å².